The highest BCUT2D eigenvalue weighted by atomic mass is 16.5. The molecule has 3 heteroatoms. The second-order valence-corrected chi connectivity index (χ2v) is 4.34. The minimum Gasteiger partial charge on any atom is -0.385 e. The summed E-state index contributed by atoms with van der Waals surface area (Å²) in [4.78, 5) is 2.37. The average Bonchev–Trinajstić information content (AvgIpc) is 2.60. The van der Waals surface area contributed by atoms with Gasteiger partial charge >= 0.3 is 0 Å². The Morgan fingerprint density at radius 1 is 0.682 bits per heavy atom. The Labute approximate surface area is 142 Å². The summed E-state index contributed by atoms with van der Waals surface area (Å²) in [6.45, 7) is 22.7. The van der Waals surface area contributed by atoms with E-state index in [1.54, 1.807) is 7.11 Å². The van der Waals surface area contributed by atoms with Crippen LogP contribution in [0.3, 0.4) is 0 Å². The van der Waals surface area contributed by atoms with Crippen molar-refractivity contribution in [1.82, 2.24) is 4.90 Å². The quantitative estimate of drug-likeness (QED) is 0.460. The van der Waals surface area contributed by atoms with Gasteiger partial charge in [0.15, 0.2) is 0 Å². The van der Waals surface area contributed by atoms with E-state index in [1.165, 1.54) is 19.3 Å². The molecule has 0 atom stereocenters. The highest BCUT2D eigenvalue weighted by Crippen LogP contribution is 1.91. The summed E-state index contributed by atoms with van der Waals surface area (Å²) in [5, 5.41) is 0. The number of likely N-dealkylation sites (N-methyl/N-ethyl adjacent to an activating group) is 1. The fourth-order valence-corrected chi connectivity index (χ4v) is 1.48. The third-order valence-electron chi connectivity index (χ3n) is 2.75. The van der Waals surface area contributed by atoms with Gasteiger partial charge in [0.1, 0.15) is 0 Å². The summed E-state index contributed by atoms with van der Waals surface area (Å²) < 4.78 is 10.2. The normalized spacial score (nSPS) is 9.00. The van der Waals surface area contributed by atoms with Crippen LogP contribution >= 0.6 is 0 Å². The molecule has 0 fully saturated rings. The lowest BCUT2D eigenvalue weighted by Crippen LogP contribution is -2.27. The Morgan fingerprint density at radius 3 is 1.59 bits per heavy atom. The molecule has 0 aliphatic carbocycles. The molecule has 0 radical (unpaired) electrons. The van der Waals surface area contributed by atoms with Crippen LogP contribution in [0.15, 0.2) is 0 Å². The van der Waals surface area contributed by atoms with E-state index in [4.69, 9.17) is 9.47 Å². The lowest BCUT2D eigenvalue weighted by atomic mass is 10.3. The Bertz CT molecular complexity index is 125. The Morgan fingerprint density at radius 2 is 1.23 bits per heavy atom. The fourth-order valence-electron chi connectivity index (χ4n) is 1.48. The first-order valence-electron chi connectivity index (χ1n) is 9.55. The van der Waals surface area contributed by atoms with Crippen molar-refractivity contribution in [3.8, 4) is 0 Å². The number of rotatable bonds is 11. The monoisotopic (exact) mass is 321 g/mol. The van der Waals surface area contributed by atoms with Crippen molar-refractivity contribution in [1.29, 1.82) is 0 Å². The highest BCUT2D eigenvalue weighted by molar-refractivity contribution is 4.49. The minimum absolute atomic E-state index is 0.884. The van der Waals surface area contributed by atoms with Gasteiger partial charge in [-0.2, -0.15) is 0 Å². The van der Waals surface area contributed by atoms with E-state index in [9.17, 15) is 0 Å². The second kappa shape index (κ2) is 37.3. The Balaban J connectivity index is -0.000000127. The number of hydrogen-bond donors (Lipinski definition) is 0. The molecular weight excluding hydrogens is 274 g/mol. The first kappa shape index (κ1) is 29.8. The van der Waals surface area contributed by atoms with E-state index in [0.717, 1.165) is 45.9 Å². The van der Waals surface area contributed by atoms with Crippen LogP contribution in [0, 0.1) is 0 Å². The van der Waals surface area contributed by atoms with E-state index in [1.807, 2.05) is 27.7 Å². The van der Waals surface area contributed by atoms with Crippen LogP contribution in [-0.4, -0.2) is 51.5 Å². The molecule has 0 aromatic carbocycles. The summed E-state index contributed by atoms with van der Waals surface area (Å²) in [6.07, 6.45) is 4.92. The molecule has 0 spiro atoms. The van der Waals surface area contributed by atoms with Gasteiger partial charge in [-0.15, -0.1) is 0 Å². The molecule has 0 saturated carbocycles. The van der Waals surface area contributed by atoms with E-state index in [0.29, 0.717) is 0 Å². The van der Waals surface area contributed by atoms with E-state index >= 15 is 0 Å². The number of methoxy groups -OCH3 is 1. The van der Waals surface area contributed by atoms with Gasteiger partial charge in [0.2, 0.25) is 0 Å². The molecule has 0 aromatic heterocycles. The highest BCUT2D eigenvalue weighted by Gasteiger charge is 1.96. The van der Waals surface area contributed by atoms with Gasteiger partial charge in [-0.1, -0.05) is 68.2 Å². The van der Waals surface area contributed by atoms with Crippen LogP contribution in [-0.2, 0) is 9.47 Å². The Kier molecular flexibility index (Phi) is 50.5. The van der Waals surface area contributed by atoms with Crippen molar-refractivity contribution in [3.05, 3.63) is 0 Å². The topological polar surface area (TPSA) is 21.7 Å². The smallest absolute Gasteiger partial charge is 0.0593 e. The number of ether oxygens (including phenoxy) is 2. The first-order chi connectivity index (χ1) is 10.8. The van der Waals surface area contributed by atoms with Crippen molar-refractivity contribution >= 4 is 0 Å². The third-order valence-corrected chi connectivity index (χ3v) is 2.75. The molecule has 0 heterocycles. The fraction of sp³-hybridized carbons (Fsp3) is 1.00. The molecule has 22 heavy (non-hydrogen) atoms. The van der Waals surface area contributed by atoms with E-state index in [2.05, 4.69) is 32.6 Å². The van der Waals surface area contributed by atoms with Gasteiger partial charge in [-0.05, 0) is 25.9 Å². The molecule has 0 aromatic rings. The Hall–Kier alpha value is -0.120. The van der Waals surface area contributed by atoms with E-state index in [-0.39, 0.29) is 0 Å². The van der Waals surface area contributed by atoms with Gasteiger partial charge in [0, 0.05) is 26.9 Å². The average molecular weight is 322 g/mol. The van der Waals surface area contributed by atoms with Crippen molar-refractivity contribution in [2.75, 3.05) is 46.6 Å². The zero-order valence-electron chi connectivity index (χ0n) is 17.3. The summed E-state index contributed by atoms with van der Waals surface area (Å²) in [6, 6.07) is 0. The number of hydrogen-bond acceptors (Lipinski definition) is 3. The van der Waals surface area contributed by atoms with Crippen molar-refractivity contribution in [3.63, 3.8) is 0 Å². The van der Waals surface area contributed by atoms with Crippen molar-refractivity contribution < 1.29 is 9.47 Å². The van der Waals surface area contributed by atoms with Gasteiger partial charge in [0.25, 0.3) is 0 Å². The molecule has 0 saturated heterocycles. The molecule has 0 aliphatic heterocycles. The predicted molar refractivity (Wildman–Crippen MR) is 103 cm³/mol. The zero-order chi connectivity index (χ0) is 18.1. The van der Waals surface area contributed by atoms with Crippen LogP contribution in [0.5, 0.6) is 0 Å². The SMILES string of the molecule is CC.CC.CCCCCOC.CCCOCCN(CC)CC. The summed E-state index contributed by atoms with van der Waals surface area (Å²) >= 11 is 0. The molecule has 0 aliphatic rings. The maximum atomic E-state index is 5.38. The maximum Gasteiger partial charge on any atom is 0.0593 e. The van der Waals surface area contributed by atoms with Gasteiger partial charge in [0.05, 0.1) is 6.61 Å². The minimum atomic E-state index is 0.884. The molecule has 0 N–H and O–H groups in total. The number of unbranched alkanes of at least 4 members (excludes halogenated alkanes) is 2. The standard InChI is InChI=1S/C9H21NO.C6H14O.2C2H6/c1-4-8-11-9-7-10(5-2)6-3;1-3-4-5-6-7-2;2*1-2/h4-9H2,1-3H3;3-6H2,1-2H3;2*1-2H3. The van der Waals surface area contributed by atoms with Gasteiger partial charge in [-0.3, -0.25) is 0 Å². The molecule has 0 rings (SSSR count). The summed E-state index contributed by atoms with van der Waals surface area (Å²) in [5.41, 5.74) is 0. The van der Waals surface area contributed by atoms with Crippen LogP contribution < -0.4 is 0 Å². The molecule has 0 unspecified atom stereocenters. The molecule has 0 bridgehead atoms. The molecule has 140 valence electrons. The van der Waals surface area contributed by atoms with Crippen LogP contribution in [0.2, 0.25) is 0 Å². The maximum absolute atomic E-state index is 5.38. The van der Waals surface area contributed by atoms with Crippen molar-refractivity contribution in [2.45, 2.75) is 81.1 Å². The molecular formula is C19H47NO2. The van der Waals surface area contributed by atoms with Gasteiger partial charge < -0.3 is 14.4 Å². The zero-order valence-corrected chi connectivity index (χ0v) is 17.3. The molecule has 0 amide bonds. The first-order valence-corrected chi connectivity index (χ1v) is 9.55. The predicted octanol–water partition coefficient (Wildman–Crippen LogP) is 5.63. The second-order valence-electron chi connectivity index (χ2n) is 4.34. The molecule has 3 nitrogen and oxygen atoms in total. The van der Waals surface area contributed by atoms with Crippen LogP contribution in [0.25, 0.3) is 0 Å². The number of nitrogens with zero attached hydrogens (tertiary/aromatic N) is 1. The van der Waals surface area contributed by atoms with Crippen molar-refractivity contribution in [2.24, 2.45) is 0 Å². The summed E-state index contributed by atoms with van der Waals surface area (Å²) in [5.74, 6) is 0. The third kappa shape index (κ3) is 36.8. The van der Waals surface area contributed by atoms with E-state index < -0.39 is 0 Å². The van der Waals surface area contributed by atoms with Crippen LogP contribution in [0.1, 0.15) is 81.1 Å². The summed E-state index contributed by atoms with van der Waals surface area (Å²) in [7, 11) is 1.75. The largest absolute Gasteiger partial charge is 0.385 e. The van der Waals surface area contributed by atoms with Crippen LogP contribution in [0.4, 0.5) is 0 Å². The lowest BCUT2D eigenvalue weighted by molar-refractivity contribution is 0.107. The lowest BCUT2D eigenvalue weighted by Gasteiger charge is -2.17. The van der Waals surface area contributed by atoms with Gasteiger partial charge in [-0.25, -0.2) is 0 Å².